The van der Waals surface area contributed by atoms with Crippen molar-refractivity contribution in [1.82, 2.24) is 0 Å². The summed E-state index contributed by atoms with van der Waals surface area (Å²) in [6.07, 6.45) is 0.882. The average molecular weight is 450 g/mol. The van der Waals surface area contributed by atoms with Gasteiger partial charge in [-0.15, -0.1) is 0 Å². The molecular weight excluding hydrogens is 415 g/mol. The van der Waals surface area contributed by atoms with E-state index in [-0.39, 0.29) is 25.7 Å². The van der Waals surface area contributed by atoms with E-state index >= 15 is 0 Å². The van der Waals surface area contributed by atoms with E-state index in [2.05, 4.69) is 0 Å². The molecule has 1 rings (SSSR count). The van der Waals surface area contributed by atoms with Crippen LogP contribution in [0.15, 0.2) is 0 Å². The lowest BCUT2D eigenvalue weighted by Gasteiger charge is -2.32. The SMILES string of the molecule is CC(=O)OC1CCCOC1CP(OCOC(=O)C(C)(C)C)OCOC(=O)C(C)(C)C. The van der Waals surface area contributed by atoms with Crippen LogP contribution in [-0.2, 0) is 42.4 Å². The predicted molar refractivity (Wildman–Crippen MR) is 109 cm³/mol. The van der Waals surface area contributed by atoms with Gasteiger partial charge in [0, 0.05) is 19.7 Å². The first kappa shape index (κ1) is 26.8. The Balaban J connectivity index is 2.69. The smallest absolute Gasteiger partial charge is 0.313 e. The number of ether oxygens (including phenoxy) is 4. The van der Waals surface area contributed by atoms with E-state index in [1.165, 1.54) is 6.92 Å². The molecule has 9 nitrogen and oxygen atoms in total. The molecule has 30 heavy (non-hydrogen) atoms. The summed E-state index contributed by atoms with van der Waals surface area (Å²) in [6.45, 7) is 11.7. The molecule has 2 unspecified atom stereocenters. The summed E-state index contributed by atoms with van der Waals surface area (Å²) in [5, 5.41) is 0. The molecule has 10 heteroatoms. The van der Waals surface area contributed by atoms with Gasteiger partial charge >= 0.3 is 17.9 Å². The molecule has 0 aromatic rings. The van der Waals surface area contributed by atoms with Crippen LogP contribution in [0.25, 0.3) is 0 Å². The van der Waals surface area contributed by atoms with E-state index < -0.39 is 43.4 Å². The number of rotatable bonds is 9. The topological polar surface area (TPSA) is 107 Å². The van der Waals surface area contributed by atoms with Gasteiger partial charge in [0.25, 0.3) is 0 Å². The summed E-state index contributed by atoms with van der Waals surface area (Å²) in [4.78, 5) is 35.2. The highest BCUT2D eigenvalue weighted by Crippen LogP contribution is 2.41. The van der Waals surface area contributed by atoms with Gasteiger partial charge in [-0.1, -0.05) is 0 Å². The molecular formula is C20H35O9P. The highest BCUT2D eigenvalue weighted by atomic mass is 31.2. The van der Waals surface area contributed by atoms with E-state index in [9.17, 15) is 14.4 Å². The Morgan fingerprint density at radius 1 is 0.933 bits per heavy atom. The molecule has 174 valence electrons. The van der Waals surface area contributed by atoms with Crippen molar-refractivity contribution in [3.05, 3.63) is 0 Å². The van der Waals surface area contributed by atoms with Gasteiger partial charge in [-0.25, -0.2) is 0 Å². The van der Waals surface area contributed by atoms with Gasteiger partial charge in [-0.05, 0) is 54.4 Å². The van der Waals surface area contributed by atoms with Crippen LogP contribution in [0.3, 0.4) is 0 Å². The largest absolute Gasteiger partial charge is 0.460 e. The molecule has 1 aliphatic heterocycles. The molecule has 2 atom stereocenters. The van der Waals surface area contributed by atoms with Crippen LogP contribution < -0.4 is 0 Å². The van der Waals surface area contributed by atoms with E-state index in [1.54, 1.807) is 41.5 Å². The Kier molecular flexibility index (Phi) is 10.6. The number of carbonyl (C=O) groups is 3. The van der Waals surface area contributed by atoms with Crippen LogP contribution in [-0.4, -0.2) is 56.5 Å². The normalized spacial score (nSPS) is 20.0. The first-order chi connectivity index (χ1) is 13.8. The number of carbonyl (C=O) groups excluding carboxylic acids is 3. The Labute approximate surface area is 180 Å². The summed E-state index contributed by atoms with van der Waals surface area (Å²) in [6, 6.07) is 0. The Bertz CT molecular complexity index is 548. The van der Waals surface area contributed by atoms with Gasteiger partial charge in [0.05, 0.1) is 10.8 Å². The van der Waals surface area contributed by atoms with Crippen LogP contribution >= 0.6 is 8.38 Å². The number of hydrogen-bond acceptors (Lipinski definition) is 9. The van der Waals surface area contributed by atoms with Crippen molar-refractivity contribution in [2.24, 2.45) is 10.8 Å². The first-order valence-electron chi connectivity index (χ1n) is 9.97. The highest BCUT2D eigenvalue weighted by Gasteiger charge is 2.33. The Hall–Kier alpha value is -1.28. The standard InChI is InChI=1S/C20H35O9P/c1-14(21)29-15-9-8-10-24-16(15)11-30(27-12-25-17(22)19(2,3)4)28-13-26-18(23)20(5,6)7/h15-16H,8-13H2,1-7H3. The predicted octanol–water partition coefficient (Wildman–Crippen LogP) is 3.54. The third kappa shape index (κ3) is 10.2. The van der Waals surface area contributed by atoms with Gasteiger partial charge in [-0.2, -0.15) is 0 Å². The van der Waals surface area contributed by atoms with E-state index in [4.69, 9.17) is 28.0 Å². The van der Waals surface area contributed by atoms with Crippen molar-refractivity contribution in [3.8, 4) is 0 Å². The third-order valence-corrected chi connectivity index (χ3v) is 5.47. The van der Waals surface area contributed by atoms with Crippen molar-refractivity contribution < 1.29 is 42.4 Å². The summed E-state index contributed by atoms with van der Waals surface area (Å²) in [7, 11) is -1.64. The number of esters is 3. The molecule has 0 N–H and O–H groups in total. The third-order valence-electron chi connectivity index (χ3n) is 4.02. The molecule has 1 fully saturated rings. The zero-order valence-corrected chi connectivity index (χ0v) is 19.9. The van der Waals surface area contributed by atoms with Gasteiger partial charge in [-0.3, -0.25) is 23.4 Å². The zero-order chi connectivity index (χ0) is 22.9. The lowest BCUT2D eigenvalue weighted by Crippen LogP contribution is -2.39. The van der Waals surface area contributed by atoms with Gasteiger partial charge in [0.1, 0.15) is 12.2 Å². The van der Waals surface area contributed by atoms with Crippen molar-refractivity contribution in [3.63, 3.8) is 0 Å². The molecule has 0 spiro atoms. The minimum absolute atomic E-state index is 0.271. The van der Waals surface area contributed by atoms with Crippen molar-refractivity contribution in [2.45, 2.75) is 73.5 Å². The van der Waals surface area contributed by atoms with Gasteiger partial charge in [0.2, 0.25) is 0 Å². The van der Waals surface area contributed by atoms with Crippen LogP contribution in [0.2, 0.25) is 0 Å². The fraction of sp³-hybridized carbons (Fsp3) is 0.850. The van der Waals surface area contributed by atoms with Crippen molar-refractivity contribution in [2.75, 3.05) is 26.4 Å². The molecule has 0 amide bonds. The minimum Gasteiger partial charge on any atom is -0.460 e. The van der Waals surface area contributed by atoms with Gasteiger partial charge in [0.15, 0.2) is 22.0 Å². The zero-order valence-electron chi connectivity index (χ0n) is 19.0. The molecule has 0 aromatic carbocycles. The quantitative estimate of drug-likeness (QED) is 0.226. The maximum absolute atomic E-state index is 11.9. The van der Waals surface area contributed by atoms with E-state index in [0.717, 1.165) is 6.42 Å². The monoisotopic (exact) mass is 450 g/mol. The molecule has 0 bridgehead atoms. The van der Waals surface area contributed by atoms with Crippen LogP contribution in [0.4, 0.5) is 0 Å². The second-order valence-corrected chi connectivity index (χ2v) is 10.6. The summed E-state index contributed by atoms with van der Waals surface area (Å²) in [5.74, 6) is -1.22. The molecule has 1 heterocycles. The summed E-state index contributed by atoms with van der Waals surface area (Å²) in [5.41, 5.74) is -1.33. The maximum atomic E-state index is 11.9. The molecule has 1 saturated heterocycles. The summed E-state index contributed by atoms with van der Waals surface area (Å²) < 4.78 is 32.6. The maximum Gasteiger partial charge on any atom is 0.313 e. The number of hydrogen-bond donors (Lipinski definition) is 0. The molecule has 0 radical (unpaired) electrons. The molecule has 0 saturated carbocycles. The highest BCUT2D eigenvalue weighted by molar-refractivity contribution is 7.47. The van der Waals surface area contributed by atoms with E-state index in [1.807, 2.05) is 0 Å². The Morgan fingerprint density at radius 3 is 1.87 bits per heavy atom. The van der Waals surface area contributed by atoms with Gasteiger partial charge < -0.3 is 18.9 Å². The molecule has 1 aliphatic rings. The second kappa shape index (κ2) is 11.9. The molecule has 0 aliphatic carbocycles. The fourth-order valence-corrected chi connectivity index (χ4v) is 3.59. The first-order valence-corrected chi connectivity index (χ1v) is 11.3. The van der Waals surface area contributed by atoms with Crippen molar-refractivity contribution >= 4 is 26.3 Å². The van der Waals surface area contributed by atoms with E-state index in [0.29, 0.717) is 13.0 Å². The van der Waals surface area contributed by atoms with Crippen molar-refractivity contribution in [1.29, 1.82) is 0 Å². The minimum atomic E-state index is -1.64. The lowest BCUT2D eigenvalue weighted by molar-refractivity contribution is -0.163. The average Bonchev–Trinajstić information content (AvgIpc) is 2.60. The van der Waals surface area contributed by atoms with Crippen LogP contribution in [0, 0.1) is 10.8 Å². The fourth-order valence-electron chi connectivity index (χ4n) is 2.33. The van der Waals surface area contributed by atoms with Crippen LogP contribution in [0.5, 0.6) is 0 Å². The summed E-state index contributed by atoms with van der Waals surface area (Å²) >= 11 is 0. The Morgan fingerprint density at radius 2 is 1.43 bits per heavy atom. The lowest BCUT2D eigenvalue weighted by atomic mass is 9.98. The molecule has 0 aromatic heterocycles. The second-order valence-electron chi connectivity index (χ2n) is 9.07. The van der Waals surface area contributed by atoms with Crippen LogP contribution in [0.1, 0.15) is 61.3 Å².